The van der Waals surface area contributed by atoms with Gasteiger partial charge in [0.1, 0.15) is 5.82 Å². The molecule has 1 N–H and O–H groups in total. The third-order valence-electron chi connectivity index (χ3n) is 4.22. The highest BCUT2D eigenvalue weighted by atomic mass is 19.1. The molecule has 1 aromatic rings. The normalized spacial score (nSPS) is 24.2. The van der Waals surface area contributed by atoms with Crippen LogP contribution in [0.25, 0.3) is 0 Å². The van der Waals surface area contributed by atoms with Gasteiger partial charge in [-0.2, -0.15) is 0 Å². The van der Waals surface area contributed by atoms with Crippen LogP contribution in [0.1, 0.15) is 50.2 Å². The predicted octanol–water partition coefficient (Wildman–Crippen LogP) is 4.19. The zero-order chi connectivity index (χ0) is 13.0. The van der Waals surface area contributed by atoms with Crippen LogP contribution in [-0.2, 0) is 6.54 Å². The minimum Gasteiger partial charge on any atom is -0.310 e. The standard InChI is InChI=1S/C16H24FN/c1-3-14-6-4-5-7-16(14)18-11-13-8-9-15(17)12(2)10-13/h8-10,14,16,18H,3-7,11H2,1-2H3. The van der Waals surface area contributed by atoms with Crippen LogP contribution < -0.4 is 5.32 Å². The molecular formula is C16H24FN. The maximum atomic E-state index is 13.2. The Hall–Kier alpha value is -0.890. The molecule has 0 aliphatic heterocycles. The summed E-state index contributed by atoms with van der Waals surface area (Å²) < 4.78 is 13.2. The summed E-state index contributed by atoms with van der Waals surface area (Å²) in [6.07, 6.45) is 6.64. The van der Waals surface area contributed by atoms with Crippen molar-refractivity contribution in [2.24, 2.45) is 5.92 Å². The van der Waals surface area contributed by atoms with Crippen molar-refractivity contribution in [1.29, 1.82) is 0 Å². The fraction of sp³-hybridized carbons (Fsp3) is 0.625. The Morgan fingerprint density at radius 2 is 2.06 bits per heavy atom. The molecule has 0 radical (unpaired) electrons. The average molecular weight is 249 g/mol. The van der Waals surface area contributed by atoms with Crippen molar-refractivity contribution in [2.45, 2.75) is 58.5 Å². The van der Waals surface area contributed by atoms with Crippen LogP contribution in [0.2, 0.25) is 0 Å². The monoisotopic (exact) mass is 249 g/mol. The summed E-state index contributed by atoms with van der Waals surface area (Å²) in [5.74, 6) is 0.711. The maximum Gasteiger partial charge on any atom is 0.126 e. The number of nitrogens with one attached hydrogen (secondary N) is 1. The third-order valence-corrected chi connectivity index (χ3v) is 4.22. The number of aryl methyl sites for hydroxylation is 1. The third kappa shape index (κ3) is 3.32. The SMILES string of the molecule is CCC1CCCCC1NCc1ccc(F)c(C)c1. The number of halogens is 1. The van der Waals surface area contributed by atoms with Gasteiger partial charge in [-0.25, -0.2) is 4.39 Å². The van der Waals surface area contributed by atoms with Gasteiger partial charge < -0.3 is 5.32 Å². The summed E-state index contributed by atoms with van der Waals surface area (Å²) in [5.41, 5.74) is 1.93. The van der Waals surface area contributed by atoms with Gasteiger partial charge in [-0.1, -0.05) is 38.3 Å². The van der Waals surface area contributed by atoms with Gasteiger partial charge in [0.25, 0.3) is 0 Å². The fourth-order valence-corrected chi connectivity index (χ4v) is 3.03. The quantitative estimate of drug-likeness (QED) is 0.843. The van der Waals surface area contributed by atoms with Gasteiger partial charge in [0, 0.05) is 12.6 Å². The van der Waals surface area contributed by atoms with Crippen LogP contribution in [0.5, 0.6) is 0 Å². The lowest BCUT2D eigenvalue weighted by Gasteiger charge is -2.31. The Labute approximate surface area is 110 Å². The minimum absolute atomic E-state index is 0.108. The Kier molecular flexibility index (Phi) is 4.76. The highest BCUT2D eigenvalue weighted by molar-refractivity contribution is 5.23. The Bertz CT molecular complexity index is 389. The molecule has 1 aliphatic carbocycles. The molecule has 1 aromatic carbocycles. The summed E-state index contributed by atoms with van der Waals surface area (Å²) >= 11 is 0. The lowest BCUT2D eigenvalue weighted by atomic mass is 9.83. The maximum absolute atomic E-state index is 13.2. The van der Waals surface area contributed by atoms with Gasteiger partial charge in [-0.05, 0) is 42.9 Å². The van der Waals surface area contributed by atoms with Crippen molar-refractivity contribution < 1.29 is 4.39 Å². The van der Waals surface area contributed by atoms with Gasteiger partial charge in [0.2, 0.25) is 0 Å². The zero-order valence-electron chi connectivity index (χ0n) is 11.5. The van der Waals surface area contributed by atoms with Crippen LogP contribution in [-0.4, -0.2) is 6.04 Å². The van der Waals surface area contributed by atoms with E-state index in [0.717, 1.165) is 18.0 Å². The van der Waals surface area contributed by atoms with Crippen LogP contribution in [0.4, 0.5) is 4.39 Å². The summed E-state index contributed by atoms with van der Waals surface area (Å²) in [7, 11) is 0. The van der Waals surface area contributed by atoms with E-state index >= 15 is 0 Å². The van der Waals surface area contributed by atoms with Gasteiger partial charge in [0.15, 0.2) is 0 Å². The van der Waals surface area contributed by atoms with Crippen molar-refractivity contribution in [1.82, 2.24) is 5.32 Å². The molecule has 2 rings (SSSR count). The molecular weight excluding hydrogens is 225 g/mol. The molecule has 1 saturated carbocycles. The van der Waals surface area contributed by atoms with Gasteiger partial charge >= 0.3 is 0 Å². The molecule has 0 saturated heterocycles. The van der Waals surface area contributed by atoms with E-state index in [2.05, 4.69) is 12.2 Å². The topological polar surface area (TPSA) is 12.0 Å². The predicted molar refractivity (Wildman–Crippen MR) is 74.0 cm³/mol. The molecule has 0 aromatic heterocycles. The number of benzene rings is 1. The van der Waals surface area contributed by atoms with E-state index in [1.807, 2.05) is 19.1 Å². The zero-order valence-corrected chi connectivity index (χ0v) is 11.5. The summed E-state index contributed by atoms with van der Waals surface area (Å²) in [4.78, 5) is 0. The summed E-state index contributed by atoms with van der Waals surface area (Å²) in [5, 5.41) is 3.66. The first-order chi connectivity index (χ1) is 8.70. The highest BCUT2D eigenvalue weighted by Gasteiger charge is 2.22. The Morgan fingerprint density at radius 3 is 2.78 bits per heavy atom. The van der Waals surface area contributed by atoms with Crippen molar-refractivity contribution in [2.75, 3.05) is 0 Å². The fourth-order valence-electron chi connectivity index (χ4n) is 3.03. The lowest BCUT2D eigenvalue weighted by Crippen LogP contribution is -2.37. The van der Waals surface area contributed by atoms with Gasteiger partial charge in [-0.15, -0.1) is 0 Å². The lowest BCUT2D eigenvalue weighted by molar-refractivity contribution is 0.254. The molecule has 1 aliphatic rings. The minimum atomic E-state index is -0.108. The van der Waals surface area contributed by atoms with E-state index in [0.29, 0.717) is 6.04 Å². The van der Waals surface area contributed by atoms with Crippen LogP contribution in [0.3, 0.4) is 0 Å². The molecule has 0 amide bonds. The number of hydrogen-bond acceptors (Lipinski definition) is 1. The molecule has 1 fully saturated rings. The molecule has 2 heteroatoms. The Morgan fingerprint density at radius 1 is 1.28 bits per heavy atom. The van der Waals surface area contributed by atoms with Gasteiger partial charge in [-0.3, -0.25) is 0 Å². The molecule has 1 nitrogen and oxygen atoms in total. The van der Waals surface area contributed by atoms with E-state index in [1.165, 1.54) is 37.7 Å². The number of rotatable bonds is 4. The molecule has 0 heterocycles. The molecule has 2 unspecified atom stereocenters. The summed E-state index contributed by atoms with van der Waals surface area (Å²) in [6.45, 7) is 4.98. The van der Waals surface area contributed by atoms with E-state index in [1.54, 1.807) is 6.07 Å². The second-order valence-electron chi connectivity index (χ2n) is 5.52. The van der Waals surface area contributed by atoms with Crippen molar-refractivity contribution in [3.05, 3.63) is 35.1 Å². The summed E-state index contributed by atoms with van der Waals surface area (Å²) in [6, 6.07) is 6.06. The van der Waals surface area contributed by atoms with E-state index in [-0.39, 0.29) is 5.82 Å². The Balaban J connectivity index is 1.91. The number of hydrogen-bond donors (Lipinski definition) is 1. The van der Waals surface area contributed by atoms with E-state index in [4.69, 9.17) is 0 Å². The van der Waals surface area contributed by atoms with Crippen LogP contribution in [0, 0.1) is 18.7 Å². The molecule has 18 heavy (non-hydrogen) atoms. The van der Waals surface area contributed by atoms with Crippen molar-refractivity contribution in [3.8, 4) is 0 Å². The largest absolute Gasteiger partial charge is 0.310 e. The highest BCUT2D eigenvalue weighted by Crippen LogP contribution is 2.27. The first-order valence-corrected chi connectivity index (χ1v) is 7.19. The smallest absolute Gasteiger partial charge is 0.126 e. The average Bonchev–Trinajstić information content (AvgIpc) is 2.40. The van der Waals surface area contributed by atoms with Crippen molar-refractivity contribution in [3.63, 3.8) is 0 Å². The second kappa shape index (κ2) is 6.33. The molecule has 0 spiro atoms. The van der Waals surface area contributed by atoms with E-state index < -0.39 is 0 Å². The second-order valence-corrected chi connectivity index (χ2v) is 5.52. The molecule has 0 bridgehead atoms. The molecule has 100 valence electrons. The first kappa shape index (κ1) is 13.5. The van der Waals surface area contributed by atoms with Gasteiger partial charge in [0.05, 0.1) is 0 Å². The van der Waals surface area contributed by atoms with E-state index in [9.17, 15) is 4.39 Å². The van der Waals surface area contributed by atoms with Crippen LogP contribution >= 0.6 is 0 Å². The van der Waals surface area contributed by atoms with Crippen molar-refractivity contribution >= 4 is 0 Å². The molecule has 2 atom stereocenters. The first-order valence-electron chi connectivity index (χ1n) is 7.19. The van der Waals surface area contributed by atoms with Crippen LogP contribution in [0.15, 0.2) is 18.2 Å².